The quantitative estimate of drug-likeness (QED) is 0.306. The summed E-state index contributed by atoms with van der Waals surface area (Å²) in [5, 5.41) is 12.8. The standard InChI is InChI=1S/C28H31N5O4/c29-27(35)22-5-1-3-20(17-22)23-7-8-25-31-26(21-4-2-6-24(18-21)37-16-13-34)28(33(25)19-23)30-9-10-32-11-14-36-15-12-32/h1-8,17-19,30,34H,9-16H2,(H2,29,35). The Bertz CT molecular complexity index is 1380. The molecule has 192 valence electrons. The molecule has 0 unspecified atom stereocenters. The van der Waals surface area contributed by atoms with Crippen LogP contribution in [0, 0.1) is 0 Å². The van der Waals surface area contributed by atoms with E-state index in [4.69, 9.17) is 25.3 Å². The fourth-order valence-electron chi connectivity index (χ4n) is 4.49. The van der Waals surface area contributed by atoms with Crippen molar-refractivity contribution in [2.75, 3.05) is 57.9 Å². The second-order valence-electron chi connectivity index (χ2n) is 8.88. The Hall–Kier alpha value is -3.92. The van der Waals surface area contributed by atoms with Gasteiger partial charge in [0.2, 0.25) is 5.91 Å². The number of amides is 1. The summed E-state index contributed by atoms with van der Waals surface area (Å²) < 4.78 is 13.2. The molecule has 5 rings (SSSR count). The lowest BCUT2D eigenvalue weighted by Gasteiger charge is -2.26. The Kier molecular flexibility index (Phi) is 7.65. The third-order valence-electron chi connectivity index (χ3n) is 6.39. The Morgan fingerprint density at radius 1 is 1.05 bits per heavy atom. The van der Waals surface area contributed by atoms with Gasteiger partial charge in [0.1, 0.15) is 29.5 Å². The van der Waals surface area contributed by atoms with Crippen molar-refractivity contribution >= 4 is 17.4 Å². The second kappa shape index (κ2) is 11.4. The molecular formula is C28H31N5O4. The van der Waals surface area contributed by atoms with E-state index in [1.54, 1.807) is 12.1 Å². The molecule has 0 aliphatic carbocycles. The first-order valence-electron chi connectivity index (χ1n) is 12.4. The van der Waals surface area contributed by atoms with Crippen molar-refractivity contribution in [3.05, 3.63) is 72.4 Å². The topological polar surface area (TPSA) is 114 Å². The lowest BCUT2D eigenvalue weighted by Crippen LogP contribution is -2.39. The number of aliphatic hydroxyl groups is 1. The molecule has 1 aliphatic heterocycles. The maximum atomic E-state index is 11.7. The van der Waals surface area contributed by atoms with Gasteiger partial charge in [0, 0.05) is 43.5 Å². The number of carbonyl (C=O) groups excluding carboxylic acids is 1. The van der Waals surface area contributed by atoms with Crippen LogP contribution >= 0.6 is 0 Å². The number of morpholine rings is 1. The Balaban J connectivity index is 1.52. The summed E-state index contributed by atoms with van der Waals surface area (Å²) in [5.74, 6) is 1.09. The molecular weight excluding hydrogens is 470 g/mol. The normalized spacial score (nSPS) is 14.1. The zero-order valence-corrected chi connectivity index (χ0v) is 20.6. The summed E-state index contributed by atoms with van der Waals surface area (Å²) in [6, 6.07) is 19.0. The van der Waals surface area contributed by atoms with E-state index in [0.717, 1.165) is 73.2 Å². The molecule has 3 heterocycles. The fourth-order valence-corrected chi connectivity index (χ4v) is 4.49. The molecule has 0 atom stereocenters. The van der Waals surface area contributed by atoms with Gasteiger partial charge in [0.15, 0.2) is 0 Å². The molecule has 2 aromatic heterocycles. The number of anilines is 1. The molecule has 0 radical (unpaired) electrons. The van der Waals surface area contributed by atoms with Crippen LogP contribution in [-0.4, -0.2) is 77.9 Å². The van der Waals surface area contributed by atoms with E-state index in [0.29, 0.717) is 11.3 Å². The van der Waals surface area contributed by atoms with Gasteiger partial charge in [-0.05, 0) is 47.5 Å². The molecule has 1 aliphatic rings. The molecule has 1 saturated heterocycles. The van der Waals surface area contributed by atoms with E-state index >= 15 is 0 Å². The largest absolute Gasteiger partial charge is 0.491 e. The number of nitrogens with one attached hydrogen (secondary N) is 1. The van der Waals surface area contributed by atoms with E-state index in [1.165, 1.54) is 0 Å². The van der Waals surface area contributed by atoms with Crippen molar-refractivity contribution in [3.63, 3.8) is 0 Å². The van der Waals surface area contributed by atoms with Crippen LogP contribution in [0.3, 0.4) is 0 Å². The van der Waals surface area contributed by atoms with Gasteiger partial charge in [-0.15, -0.1) is 0 Å². The number of primary amides is 1. The number of pyridine rings is 1. The molecule has 4 N–H and O–H groups in total. The SMILES string of the molecule is NC(=O)c1cccc(-c2ccc3nc(-c4cccc(OCCO)c4)c(NCCN4CCOCC4)n3c2)c1. The number of aromatic nitrogens is 2. The number of hydrogen-bond acceptors (Lipinski definition) is 7. The van der Waals surface area contributed by atoms with Crippen LogP contribution in [-0.2, 0) is 4.74 Å². The lowest BCUT2D eigenvalue weighted by atomic mass is 10.0. The van der Waals surface area contributed by atoms with Gasteiger partial charge >= 0.3 is 0 Å². The number of imidazole rings is 1. The summed E-state index contributed by atoms with van der Waals surface area (Å²) in [7, 11) is 0. The maximum absolute atomic E-state index is 11.7. The van der Waals surface area contributed by atoms with E-state index in [1.807, 2.05) is 59.1 Å². The minimum absolute atomic E-state index is 0.0489. The zero-order chi connectivity index (χ0) is 25.6. The van der Waals surface area contributed by atoms with Crippen LogP contribution in [0.15, 0.2) is 66.9 Å². The van der Waals surface area contributed by atoms with Gasteiger partial charge in [-0.1, -0.05) is 24.3 Å². The predicted molar refractivity (Wildman–Crippen MR) is 143 cm³/mol. The minimum Gasteiger partial charge on any atom is -0.491 e. The van der Waals surface area contributed by atoms with Crippen LogP contribution in [0.5, 0.6) is 5.75 Å². The highest BCUT2D eigenvalue weighted by molar-refractivity contribution is 5.94. The molecule has 1 fully saturated rings. The van der Waals surface area contributed by atoms with Crippen LogP contribution in [0.4, 0.5) is 5.82 Å². The van der Waals surface area contributed by atoms with Gasteiger partial charge < -0.3 is 25.6 Å². The van der Waals surface area contributed by atoms with Gasteiger partial charge in [0.05, 0.1) is 19.8 Å². The third kappa shape index (κ3) is 5.75. The Labute approximate surface area is 215 Å². The molecule has 0 spiro atoms. The van der Waals surface area contributed by atoms with E-state index in [-0.39, 0.29) is 13.2 Å². The van der Waals surface area contributed by atoms with Gasteiger partial charge in [-0.3, -0.25) is 14.1 Å². The van der Waals surface area contributed by atoms with Crippen molar-refractivity contribution in [2.24, 2.45) is 5.73 Å². The summed E-state index contributed by atoms with van der Waals surface area (Å²) in [6.45, 7) is 5.17. The van der Waals surface area contributed by atoms with E-state index in [9.17, 15) is 4.79 Å². The average molecular weight is 502 g/mol. The molecule has 2 aromatic carbocycles. The molecule has 1 amide bonds. The summed E-state index contributed by atoms with van der Waals surface area (Å²) in [5.41, 5.74) is 10.3. The number of fused-ring (bicyclic) bond motifs is 1. The number of ether oxygens (including phenoxy) is 2. The fraction of sp³-hybridized carbons (Fsp3) is 0.286. The van der Waals surface area contributed by atoms with Crippen LogP contribution < -0.4 is 15.8 Å². The first kappa shape index (κ1) is 24.8. The van der Waals surface area contributed by atoms with E-state index in [2.05, 4.69) is 10.2 Å². The first-order chi connectivity index (χ1) is 18.1. The van der Waals surface area contributed by atoms with Crippen LogP contribution in [0.25, 0.3) is 28.0 Å². The van der Waals surface area contributed by atoms with Crippen molar-refractivity contribution < 1.29 is 19.4 Å². The van der Waals surface area contributed by atoms with E-state index < -0.39 is 5.91 Å². The summed E-state index contributed by atoms with van der Waals surface area (Å²) in [6.07, 6.45) is 2.02. The Morgan fingerprint density at radius 2 is 1.86 bits per heavy atom. The molecule has 37 heavy (non-hydrogen) atoms. The number of nitrogens with two attached hydrogens (primary N) is 1. The van der Waals surface area contributed by atoms with Crippen LogP contribution in [0.1, 0.15) is 10.4 Å². The molecule has 0 bridgehead atoms. The van der Waals surface area contributed by atoms with Gasteiger partial charge in [0.25, 0.3) is 0 Å². The van der Waals surface area contributed by atoms with Crippen molar-refractivity contribution in [2.45, 2.75) is 0 Å². The molecule has 9 heteroatoms. The predicted octanol–water partition coefficient (Wildman–Crippen LogP) is 2.88. The van der Waals surface area contributed by atoms with Crippen molar-refractivity contribution in [1.29, 1.82) is 0 Å². The Morgan fingerprint density at radius 3 is 2.68 bits per heavy atom. The smallest absolute Gasteiger partial charge is 0.248 e. The maximum Gasteiger partial charge on any atom is 0.248 e. The van der Waals surface area contributed by atoms with Crippen molar-refractivity contribution in [3.8, 4) is 28.1 Å². The number of carbonyl (C=O) groups is 1. The summed E-state index contributed by atoms with van der Waals surface area (Å²) in [4.78, 5) is 19.0. The van der Waals surface area contributed by atoms with Gasteiger partial charge in [-0.2, -0.15) is 0 Å². The number of rotatable bonds is 10. The third-order valence-corrected chi connectivity index (χ3v) is 6.39. The number of nitrogens with zero attached hydrogens (tertiary/aromatic N) is 3. The number of benzene rings is 2. The highest BCUT2D eigenvalue weighted by atomic mass is 16.5. The first-order valence-corrected chi connectivity index (χ1v) is 12.4. The highest BCUT2D eigenvalue weighted by Gasteiger charge is 2.17. The average Bonchev–Trinajstić information content (AvgIpc) is 3.30. The molecule has 4 aromatic rings. The van der Waals surface area contributed by atoms with Gasteiger partial charge in [-0.25, -0.2) is 4.98 Å². The zero-order valence-electron chi connectivity index (χ0n) is 20.6. The minimum atomic E-state index is -0.457. The molecule has 0 saturated carbocycles. The number of hydrogen-bond donors (Lipinski definition) is 3. The lowest BCUT2D eigenvalue weighted by molar-refractivity contribution is 0.0398. The van der Waals surface area contributed by atoms with Crippen LogP contribution in [0.2, 0.25) is 0 Å². The molecule has 9 nitrogen and oxygen atoms in total. The second-order valence-corrected chi connectivity index (χ2v) is 8.88. The number of aliphatic hydroxyl groups excluding tert-OH is 1. The monoisotopic (exact) mass is 501 g/mol. The van der Waals surface area contributed by atoms with Crippen molar-refractivity contribution in [1.82, 2.24) is 14.3 Å². The summed E-state index contributed by atoms with van der Waals surface area (Å²) >= 11 is 0. The highest BCUT2D eigenvalue weighted by Crippen LogP contribution is 2.32.